The summed E-state index contributed by atoms with van der Waals surface area (Å²) in [4.78, 5) is 20.0. The zero-order valence-corrected chi connectivity index (χ0v) is 19.5. The van der Waals surface area contributed by atoms with Crippen LogP contribution in [0.1, 0.15) is 30.3 Å². The van der Waals surface area contributed by atoms with E-state index in [2.05, 4.69) is 35.1 Å². The minimum Gasteiger partial charge on any atom is -0.493 e. The van der Waals surface area contributed by atoms with Gasteiger partial charge in [-0.2, -0.15) is 0 Å². The Kier molecular flexibility index (Phi) is 6.44. The van der Waals surface area contributed by atoms with Gasteiger partial charge >= 0.3 is 5.97 Å². The summed E-state index contributed by atoms with van der Waals surface area (Å²) in [6.45, 7) is 2.59. The molecule has 1 N–H and O–H groups in total. The molecule has 5 rings (SSSR count). The number of hydrogen-bond donors (Lipinski definition) is 1. The van der Waals surface area contributed by atoms with Gasteiger partial charge in [0.25, 0.3) is 0 Å². The number of furan rings is 1. The van der Waals surface area contributed by atoms with Crippen LogP contribution in [0.2, 0.25) is 0 Å². The summed E-state index contributed by atoms with van der Waals surface area (Å²) in [6, 6.07) is 19.8. The average Bonchev–Trinajstić information content (AvgIpc) is 3.30. The molecule has 0 atom stereocenters. The van der Waals surface area contributed by atoms with Crippen LogP contribution in [0.5, 0.6) is 5.75 Å². The Morgan fingerprint density at radius 3 is 2.71 bits per heavy atom. The number of aromatic nitrogens is 2. The minimum atomic E-state index is -0.856. The molecular formula is C29H26N2O4. The van der Waals surface area contributed by atoms with E-state index in [1.165, 1.54) is 0 Å². The number of carbonyl (C=O) groups is 1. The Labute approximate surface area is 203 Å². The Morgan fingerprint density at radius 1 is 1.06 bits per heavy atom. The fraction of sp³-hybridized carbons (Fsp3) is 0.207. The highest BCUT2D eigenvalue weighted by Gasteiger charge is 2.16. The van der Waals surface area contributed by atoms with Crippen molar-refractivity contribution in [2.75, 3.05) is 6.61 Å². The van der Waals surface area contributed by atoms with Crippen LogP contribution in [0.3, 0.4) is 0 Å². The van der Waals surface area contributed by atoms with Crippen molar-refractivity contribution in [1.82, 2.24) is 9.97 Å². The van der Waals surface area contributed by atoms with Crippen LogP contribution in [0.4, 0.5) is 0 Å². The molecule has 176 valence electrons. The quantitative estimate of drug-likeness (QED) is 0.277. The van der Waals surface area contributed by atoms with Crippen LogP contribution in [0, 0.1) is 0 Å². The summed E-state index contributed by atoms with van der Waals surface area (Å²) in [7, 11) is 0. The summed E-state index contributed by atoms with van der Waals surface area (Å²) in [5.74, 6) is 0.656. The van der Waals surface area contributed by atoms with Crippen LogP contribution >= 0.6 is 0 Å². The fourth-order valence-corrected chi connectivity index (χ4v) is 4.38. The lowest BCUT2D eigenvalue weighted by molar-refractivity contribution is -0.136. The summed E-state index contributed by atoms with van der Waals surface area (Å²) < 4.78 is 12.2. The third kappa shape index (κ3) is 4.87. The zero-order chi connectivity index (χ0) is 24.2. The Balaban J connectivity index is 1.33. The van der Waals surface area contributed by atoms with E-state index >= 15 is 0 Å². The third-order valence-corrected chi connectivity index (χ3v) is 6.02. The zero-order valence-electron chi connectivity index (χ0n) is 19.5. The van der Waals surface area contributed by atoms with E-state index in [4.69, 9.17) is 14.3 Å². The molecule has 0 fully saturated rings. The van der Waals surface area contributed by atoms with Crippen molar-refractivity contribution in [2.45, 2.75) is 32.6 Å². The summed E-state index contributed by atoms with van der Waals surface area (Å²) >= 11 is 0. The van der Waals surface area contributed by atoms with Crippen molar-refractivity contribution in [2.24, 2.45) is 0 Å². The number of aliphatic carboxylic acids is 1. The van der Waals surface area contributed by atoms with Gasteiger partial charge in [-0.3, -0.25) is 4.79 Å². The van der Waals surface area contributed by atoms with Gasteiger partial charge < -0.3 is 14.3 Å². The largest absolute Gasteiger partial charge is 0.493 e. The first-order chi connectivity index (χ1) is 17.1. The maximum atomic E-state index is 10.9. The van der Waals surface area contributed by atoms with E-state index in [1.807, 2.05) is 42.7 Å². The SMILES string of the molecule is CCCc1c(OCCc2ncc3cc(CC(=O)O)ccc3n2)ccc2c(-c3ccccc3)coc12. The molecular weight excluding hydrogens is 440 g/mol. The summed E-state index contributed by atoms with van der Waals surface area (Å²) in [5, 5.41) is 10.9. The second-order valence-electron chi connectivity index (χ2n) is 8.53. The van der Waals surface area contributed by atoms with Crippen LogP contribution < -0.4 is 4.74 Å². The molecule has 0 amide bonds. The maximum absolute atomic E-state index is 10.9. The number of fused-ring (bicyclic) bond motifs is 2. The van der Waals surface area contributed by atoms with Crippen LogP contribution in [0.25, 0.3) is 33.0 Å². The molecule has 2 heterocycles. The second kappa shape index (κ2) is 9.97. The molecule has 5 aromatic rings. The number of rotatable bonds is 9. The maximum Gasteiger partial charge on any atom is 0.307 e. The highest BCUT2D eigenvalue weighted by Crippen LogP contribution is 2.37. The molecule has 0 saturated carbocycles. The lowest BCUT2D eigenvalue weighted by Crippen LogP contribution is -2.07. The molecule has 0 aliphatic heterocycles. The highest BCUT2D eigenvalue weighted by atomic mass is 16.5. The number of ether oxygens (including phenoxy) is 1. The molecule has 0 spiro atoms. The first-order valence-electron chi connectivity index (χ1n) is 11.8. The van der Waals surface area contributed by atoms with Crippen molar-refractivity contribution in [3.8, 4) is 16.9 Å². The van der Waals surface area contributed by atoms with Gasteiger partial charge in [-0.15, -0.1) is 0 Å². The van der Waals surface area contributed by atoms with Crippen molar-refractivity contribution >= 4 is 27.8 Å². The third-order valence-electron chi connectivity index (χ3n) is 6.02. The topological polar surface area (TPSA) is 85.5 Å². The smallest absolute Gasteiger partial charge is 0.307 e. The predicted molar refractivity (Wildman–Crippen MR) is 136 cm³/mol. The molecule has 6 heteroatoms. The van der Waals surface area contributed by atoms with Crippen molar-refractivity contribution in [3.05, 3.63) is 90.1 Å². The number of carboxylic acids is 1. The van der Waals surface area contributed by atoms with Crippen LogP contribution in [0.15, 0.2) is 77.5 Å². The van der Waals surface area contributed by atoms with Gasteiger partial charge in [0.05, 0.1) is 24.8 Å². The molecule has 0 bridgehead atoms. The van der Waals surface area contributed by atoms with Gasteiger partial charge in [-0.1, -0.05) is 49.7 Å². The standard InChI is InChI=1S/C29H26N2O4/c1-2-6-23-26(12-10-22-24(18-35-29(22)23)20-7-4-3-5-8-20)34-14-13-27-30-17-21-15-19(16-28(32)33)9-11-25(21)31-27/h3-5,7-12,15,17-18H,2,6,13-14,16H2,1H3,(H,32,33). The van der Waals surface area contributed by atoms with E-state index in [-0.39, 0.29) is 6.42 Å². The van der Waals surface area contributed by atoms with E-state index in [0.717, 1.165) is 62.7 Å². The normalized spacial score (nSPS) is 11.2. The van der Waals surface area contributed by atoms with Gasteiger partial charge in [0.1, 0.15) is 17.2 Å². The van der Waals surface area contributed by atoms with Crippen LogP contribution in [-0.4, -0.2) is 27.7 Å². The monoisotopic (exact) mass is 466 g/mol. The first kappa shape index (κ1) is 22.6. The van der Waals surface area contributed by atoms with Gasteiger partial charge in [0, 0.05) is 34.5 Å². The van der Waals surface area contributed by atoms with E-state index in [9.17, 15) is 4.79 Å². The van der Waals surface area contributed by atoms with E-state index in [1.54, 1.807) is 12.3 Å². The molecule has 0 unspecified atom stereocenters. The van der Waals surface area contributed by atoms with Gasteiger partial charge in [-0.05, 0) is 41.8 Å². The van der Waals surface area contributed by atoms with E-state index in [0.29, 0.717) is 18.9 Å². The Hall–Kier alpha value is -4.19. The fourth-order valence-electron chi connectivity index (χ4n) is 4.38. The average molecular weight is 467 g/mol. The molecule has 35 heavy (non-hydrogen) atoms. The van der Waals surface area contributed by atoms with E-state index < -0.39 is 5.97 Å². The molecule has 0 aliphatic carbocycles. The number of hydrogen-bond acceptors (Lipinski definition) is 5. The van der Waals surface area contributed by atoms with Crippen molar-refractivity contribution in [1.29, 1.82) is 0 Å². The molecule has 3 aromatic carbocycles. The van der Waals surface area contributed by atoms with Crippen molar-refractivity contribution < 1.29 is 19.1 Å². The minimum absolute atomic E-state index is 0.0154. The Bertz CT molecular complexity index is 1490. The lowest BCUT2D eigenvalue weighted by Gasteiger charge is -2.12. The second-order valence-corrected chi connectivity index (χ2v) is 8.53. The van der Waals surface area contributed by atoms with Crippen LogP contribution in [-0.2, 0) is 24.1 Å². The van der Waals surface area contributed by atoms with Gasteiger partial charge in [0.2, 0.25) is 0 Å². The highest BCUT2D eigenvalue weighted by molar-refractivity contribution is 5.96. The molecule has 0 saturated heterocycles. The molecule has 2 aromatic heterocycles. The molecule has 6 nitrogen and oxygen atoms in total. The predicted octanol–water partition coefficient (Wildman–Crippen LogP) is 6.24. The number of aryl methyl sites for hydroxylation is 1. The lowest BCUT2D eigenvalue weighted by atomic mass is 10.0. The van der Waals surface area contributed by atoms with Gasteiger partial charge in [0.15, 0.2) is 0 Å². The van der Waals surface area contributed by atoms with Gasteiger partial charge in [-0.25, -0.2) is 9.97 Å². The number of benzene rings is 3. The van der Waals surface area contributed by atoms with Crippen molar-refractivity contribution in [3.63, 3.8) is 0 Å². The summed E-state index contributed by atoms with van der Waals surface area (Å²) in [5.41, 5.74) is 5.70. The first-order valence-corrected chi connectivity index (χ1v) is 11.8. The Morgan fingerprint density at radius 2 is 1.91 bits per heavy atom. The number of nitrogens with zero attached hydrogens (tertiary/aromatic N) is 2. The molecule has 0 aliphatic rings. The summed E-state index contributed by atoms with van der Waals surface area (Å²) in [6.07, 6.45) is 5.95. The number of carboxylic acid groups (broad SMARTS) is 1. The molecule has 0 radical (unpaired) electrons.